The second kappa shape index (κ2) is 14.0. The third-order valence-corrected chi connectivity index (χ3v) is 5.14. The molecule has 41 heavy (non-hydrogen) atoms. The molecule has 0 radical (unpaired) electrons. The fraction of sp³-hybridized carbons (Fsp3) is 0.280. The number of nitrogens with one attached hydrogen (secondary N) is 4. The lowest BCUT2D eigenvalue weighted by atomic mass is 10.1. The van der Waals surface area contributed by atoms with Gasteiger partial charge in [0.05, 0.1) is 11.4 Å². The smallest absolute Gasteiger partial charge is 0.318 e. The SMILES string of the molecule is CC(=NNC(=O)CCCC(=O)NN=C(C)c1ccc(NC(=O)C(F)(F)F)cc1)c1ccc(NC(=O)C(F)(F)F)cc1. The van der Waals surface area contributed by atoms with Crippen molar-refractivity contribution >= 4 is 46.4 Å². The van der Waals surface area contributed by atoms with E-state index in [0.717, 1.165) is 0 Å². The average molecular weight is 586 g/mol. The molecule has 0 heterocycles. The van der Waals surface area contributed by atoms with Gasteiger partial charge in [0.1, 0.15) is 0 Å². The molecular formula is C25H24F6N6O4. The highest BCUT2D eigenvalue weighted by Gasteiger charge is 2.39. The Labute approximate surface area is 229 Å². The summed E-state index contributed by atoms with van der Waals surface area (Å²) in [5.74, 6) is -5.20. The lowest BCUT2D eigenvalue weighted by molar-refractivity contribution is -0.167. The van der Waals surface area contributed by atoms with Gasteiger partial charge in [-0.25, -0.2) is 10.9 Å². The normalized spacial score (nSPS) is 12.4. The van der Waals surface area contributed by atoms with Crippen LogP contribution < -0.4 is 21.5 Å². The number of alkyl halides is 6. The van der Waals surface area contributed by atoms with Gasteiger partial charge in [0.15, 0.2) is 0 Å². The number of halogens is 6. The Kier molecular flexibility index (Phi) is 11.1. The van der Waals surface area contributed by atoms with Crippen LogP contribution in [0.1, 0.15) is 44.2 Å². The maximum Gasteiger partial charge on any atom is 0.471 e. The molecule has 2 rings (SSSR count). The molecule has 16 heteroatoms. The fourth-order valence-electron chi connectivity index (χ4n) is 2.94. The number of hydrazone groups is 2. The van der Waals surface area contributed by atoms with Crippen molar-refractivity contribution in [1.29, 1.82) is 0 Å². The molecule has 4 N–H and O–H groups in total. The first-order valence-corrected chi connectivity index (χ1v) is 11.7. The van der Waals surface area contributed by atoms with Crippen molar-refractivity contribution in [3.8, 4) is 0 Å². The lowest BCUT2D eigenvalue weighted by Crippen LogP contribution is -2.29. The summed E-state index contributed by atoms with van der Waals surface area (Å²) >= 11 is 0. The summed E-state index contributed by atoms with van der Waals surface area (Å²) in [6.07, 6.45) is -9.99. The largest absolute Gasteiger partial charge is 0.471 e. The average Bonchev–Trinajstić information content (AvgIpc) is 2.90. The molecular weight excluding hydrogens is 562 g/mol. The van der Waals surface area contributed by atoms with Crippen LogP contribution in [0.5, 0.6) is 0 Å². The van der Waals surface area contributed by atoms with Crippen LogP contribution in [0.25, 0.3) is 0 Å². The van der Waals surface area contributed by atoms with Crippen molar-refractivity contribution in [2.75, 3.05) is 10.6 Å². The van der Waals surface area contributed by atoms with E-state index in [1.807, 2.05) is 0 Å². The number of carbonyl (C=O) groups is 4. The Morgan fingerprint density at radius 3 is 1.22 bits per heavy atom. The molecule has 0 atom stereocenters. The highest BCUT2D eigenvalue weighted by atomic mass is 19.4. The maximum atomic E-state index is 12.3. The summed E-state index contributed by atoms with van der Waals surface area (Å²) in [6.45, 7) is 3.09. The van der Waals surface area contributed by atoms with E-state index in [9.17, 15) is 45.5 Å². The van der Waals surface area contributed by atoms with Crippen LogP contribution in [0.15, 0.2) is 58.7 Å². The Bertz CT molecular complexity index is 1220. The minimum Gasteiger partial charge on any atom is -0.318 e. The van der Waals surface area contributed by atoms with Crippen LogP contribution in [-0.2, 0) is 19.2 Å². The first kappa shape index (κ1) is 32.5. The van der Waals surface area contributed by atoms with Crippen LogP contribution in [-0.4, -0.2) is 47.4 Å². The van der Waals surface area contributed by atoms with Gasteiger partial charge in [0, 0.05) is 24.2 Å². The third-order valence-electron chi connectivity index (χ3n) is 5.14. The Morgan fingerprint density at radius 2 is 0.927 bits per heavy atom. The topological polar surface area (TPSA) is 141 Å². The van der Waals surface area contributed by atoms with E-state index in [4.69, 9.17) is 0 Å². The van der Waals surface area contributed by atoms with Gasteiger partial charge in [0.25, 0.3) is 0 Å². The first-order valence-electron chi connectivity index (χ1n) is 11.7. The van der Waals surface area contributed by atoms with Gasteiger partial charge >= 0.3 is 24.2 Å². The Morgan fingerprint density at radius 1 is 0.610 bits per heavy atom. The molecule has 0 fully saturated rings. The molecule has 4 amide bonds. The fourth-order valence-corrected chi connectivity index (χ4v) is 2.94. The minimum absolute atomic E-state index is 0.0551. The van der Waals surface area contributed by atoms with E-state index in [-0.39, 0.29) is 30.6 Å². The molecule has 0 aliphatic carbocycles. The monoisotopic (exact) mass is 586 g/mol. The molecule has 0 saturated carbocycles. The predicted octanol–water partition coefficient (Wildman–Crippen LogP) is 4.24. The maximum absolute atomic E-state index is 12.3. The quantitative estimate of drug-likeness (QED) is 0.188. The number of carbonyl (C=O) groups excluding carboxylic acids is 4. The predicted molar refractivity (Wildman–Crippen MR) is 137 cm³/mol. The summed E-state index contributed by atoms with van der Waals surface area (Å²) in [5, 5.41) is 11.2. The first-order chi connectivity index (χ1) is 19.1. The molecule has 0 aliphatic rings. The molecule has 0 spiro atoms. The van der Waals surface area contributed by atoms with E-state index >= 15 is 0 Å². The van der Waals surface area contributed by atoms with Crippen LogP contribution in [0, 0.1) is 0 Å². The van der Waals surface area contributed by atoms with E-state index in [0.29, 0.717) is 22.6 Å². The molecule has 0 unspecified atom stereocenters. The Hall–Kier alpha value is -4.76. The van der Waals surface area contributed by atoms with Crippen LogP contribution in [0.2, 0.25) is 0 Å². The van der Waals surface area contributed by atoms with Crippen molar-refractivity contribution < 1.29 is 45.5 Å². The van der Waals surface area contributed by atoms with E-state index in [1.165, 1.54) is 48.5 Å². The number of hydrogen-bond donors (Lipinski definition) is 4. The zero-order valence-corrected chi connectivity index (χ0v) is 21.5. The molecule has 0 bridgehead atoms. The summed E-state index contributed by atoms with van der Waals surface area (Å²) in [6, 6.07) is 10.6. The summed E-state index contributed by atoms with van der Waals surface area (Å²) < 4.78 is 73.9. The van der Waals surface area contributed by atoms with E-state index in [1.54, 1.807) is 24.5 Å². The zero-order valence-electron chi connectivity index (χ0n) is 21.5. The molecule has 0 aromatic heterocycles. The zero-order chi connectivity index (χ0) is 30.8. The molecule has 220 valence electrons. The third kappa shape index (κ3) is 11.1. The van der Waals surface area contributed by atoms with Gasteiger partial charge in [-0.15, -0.1) is 0 Å². The van der Waals surface area contributed by atoms with Crippen LogP contribution in [0.4, 0.5) is 37.7 Å². The number of hydrogen-bond acceptors (Lipinski definition) is 6. The summed E-state index contributed by atoms with van der Waals surface area (Å²) in [4.78, 5) is 46.0. The molecule has 0 aliphatic heterocycles. The molecule has 2 aromatic carbocycles. The van der Waals surface area contributed by atoms with Crippen molar-refractivity contribution in [1.82, 2.24) is 10.9 Å². The van der Waals surface area contributed by atoms with Gasteiger partial charge in [-0.1, -0.05) is 24.3 Å². The number of rotatable bonds is 10. The molecule has 2 aromatic rings. The number of nitrogens with zero attached hydrogens (tertiary/aromatic N) is 2. The Balaban J connectivity index is 1.76. The van der Waals surface area contributed by atoms with E-state index < -0.39 is 36.0 Å². The van der Waals surface area contributed by atoms with Crippen molar-refractivity contribution in [3.63, 3.8) is 0 Å². The molecule has 0 saturated heterocycles. The highest BCUT2D eigenvalue weighted by molar-refractivity contribution is 6.01. The highest BCUT2D eigenvalue weighted by Crippen LogP contribution is 2.20. The van der Waals surface area contributed by atoms with Gasteiger partial charge in [-0.2, -0.15) is 36.5 Å². The lowest BCUT2D eigenvalue weighted by Gasteiger charge is -2.09. The van der Waals surface area contributed by atoms with Gasteiger partial charge in [-0.3, -0.25) is 19.2 Å². The number of amides is 4. The van der Waals surface area contributed by atoms with Crippen LogP contribution in [0.3, 0.4) is 0 Å². The van der Waals surface area contributed by atoms with Crippen molar-refractivity contribution in [2.45, 2.75) is 45.5 Å². The van der Waals surface area contributed by atoms with E-state index in [2.05, 4.69) is 21.1 Å². The number of anilines is 2. The number of benzene rings is 2. The standard InChI is InChI=1S/C25H24F6N6O4/c1-14(16-6-10-18(11-7-16)32-22(40)24(26,27)28)34-36-20(38)4-3-5-21(39)37-35-15(2)17-8-12-19(13-9-17)33-23(41)25(29,30)31/h6-13H,3-5H2,1-2H3,(H,32,40)(H,33,41)(H,36,38)(H,37,39). The van der Waals surface area contributed by atoms with Crippen LogP contribution >= 0.6 is 0 Å². The summed E-state index contributed by atoms with van der Waals surface area (Å²) in [5.41, 5.74) is 6.09. The second-order valence-electron chi connectivity index (χ2n) is 8.38. The van der Waals surface area contributed by atoms with Crippen molar-refractivity contribution in [2.24, 2.45) is 10.2 Å². The molecule has 10 nitrogen and oxygen atoms in total. The van der Waals surface area contributed by atoms with Gasteiger partial charge < -0.3 is 10.6 Å². The van der Waals surface area contributed by atoms with Gasteiger partial charge in [-0.05, 0) is 55.7 Å². The minimum atomic E-state index is -5.02. The summed E-state index contributed by atoms with van der Waals surface area (Å²) in [7, 11) is 0. The van der Waals surface area contributed by atoms with Gasteiger partial charge in [0.2, 0.25) is 11.8 Å². The van der Waals surface area contributed by atoms with Crippen molar-refractivity contribution in [3.05, 3.63) is 59.7 Å². The second-order valence-corrected chi connectivity index (χ2v) is 8.38.